The molecule has 1 aliphatic rings. The van der Waals surface area contributed by atoms with Gasteiger partial charge in [-0.05, 0) is 19.4 Å². The fourth-order valence-corrected chi connectivity index (χ4v) is 3.21. The van der Waals surface area contributed by atoms with Crippen molar-refractivity contribution in [3.8, 4) is 11.6 Å². The van der Waals surface area contributed by atoms with E-state index in [2.05, 4.69) is 10.1 Å². The molecule has 1 fully saturated rings. The molecule has 4 heterocycles. The van der Waals surface area contributed by atoms with Crippen LogP contribution in [0, 0.1) is 6.92 Å². The summed E-state index contributed by atoms with van der Waals surface area (Å²) in [5.41, 5.74) is 2.88. The van der Waals surface area contributed by atoms with E-state index < -0.39 is 0 Å². The van der Waals surface area contributed by atoms with Gasteiger partial charge in [0.05, 0.1) is 30.1 Å². The maximum Gasteiger partial charge on any atom is 0.158 e. The summed E-state index contributed by atoms with van der Waals surface area (Å²) in [4.78, 5) is 9.07. The van der Waals surface area contributed by atoms with Crippen LogP contribution < -0.4 is 4.74 Å². The molecule has 7 nitrogen and oxygen atoms in total. The largest absolute Gasteiger partial charge is 0.491 e. The van der Waals surface area contributed by atoms with Gasteiger partial charge in [0.1, 0.15) is 12.4 Å². The number of methoxy groups -OCH3 is 1. The van der Waals surface area contributed by atoms with E-state index in [0.29, 0.717) is 19.8 Å². The summed E-state index contributed by atoms with van der Waals surface area (Å²) in [6, 6.07) is 5.87. The number of rotatable bonds is 6. The predicted octanol–water partition coefficient (Wildman–Crippen LogP) is 2.65. The first-order valence-electron chi connectivity index (χ1n) is 8.77. The van der Waals surface area contributed by atoms with Crippen molar-refractivity contribution in [3.05, 3.63) is 42.0 Å². The zero-order valence-corrected chi connectivity index (χ0v) is 15.0. The van der Waals surface area contributed by atoms with Crippen molar-refractivity contribution in [3.63, 3.8) is 0 Å². The van der Waals surface area contributed by atoms with Crippen LogP contribution in [0.15, 0.2) is 30.6 Å². The molecule has 0 radical (unpaired) electrons. The normalized spacial score (nSPS) is 17.1. The topological polar surface area (TPSA) is 71.3 Å². The Kier molecular flexibility index (Phi) is 4.81. The second kappa shape index (κ2) is 7.39. The summed E-state index contributed by atoms with van der Waals surface area (Å²) in [7, 11) is 1.66. The molecule has 26 heavy (non-hydrogen) atoms. The number of ether oxygens (including phenoxy) is 3. The van der Waals surface area contributed by atoms with Crippen molar-refractivity contribution in [2.24, 2.45) is 0 Å². The summed E-state index contributed by atoms with van der Waals surface area (Å²) in [5.74, 6) is 1.79. The Bertz CT molecular complexity index is 903. The number of hydrogen-bond acceptors (Lipinski definition) is 6. The van der Waals surface area contributed by atoms with Crippen LogP contribution in [0.5, 0.6) is 5.75 Å². The first-order valence-corrected chi connectivity index (χ1v) is 8.77. The van der Waals surface area contributed by atoms with E-state index in [-0.39, 0.29) is 5.92 Å². The van der Waals surface area contributed by atoms with Crippen LogP contribution >= 0.6 is 0 Å². The smallest absolute Gasteiger partial charge is 0.158 e. The number of nitrogens with zero attached hydrogens (tertiary/aromatic N) is 4. The Balaban J connectivity index is 1.78. The molecule has 0 bridgehead atoms. The fourth-order valence-electron chi connectivity index (χ4n) is 3.21. The van der Waals surface area contributed by atoms with Gasteiger partial charge in [0.15, 0.2) is 5.82 Å². The number of fused-ring (bicyclic) bond motifs is 1. The molecule has 1 saturated heterocycles. The summed E-state index contributed by atoms with van der Waals surface area (Å²) in [5, 5.41) is 5.69. The van der Waals surface area contributed by atoms with Crippen molar-refractivity contribution in [2.45, 2.75) is 19.3 Å². The average molecular weight is 354 g/mol. The van der Waals surface area contributed by atoms with Crippen LogP contribution in [0.25, 0.3) is 16.7 Å². The summed E-state index contributed by atoms with van der Waals surface area (Å²) >= 11 is 0. The third-order valence-corrected chi connectivity index (χ3v) is 4.59. The lowest BCUT2D eigenvalue weighted by Crippen LogP contribution is -2.09. The Morgan fingerprint density at radius 3 is 3.04 bits per heavy atom. The molecule has 0 saturated carbocycles. The lowest BCUT2D eigenvalue weighted by Gasteiger charge is -2.14. The molecule has 1 aliphatic heterocycles. The van der Waals surface area contributed by atoms with Crippen molar-refractivity contribution in [1.82, 2.24) is 19.7 Å². The van der Waals surface area contributed by atoms with Crippen molar-refractivity contribution >= 4 is 10.9 Å². The maximum atomic E-state index is 5.87. The molecular weight excluding hydrogens is 332 g/mol. The molecule has 4 rings (SSSR count). The van der Waals surface area contributed by atoms with Crippen molar-refractivity contribution in [2.75, 3.05) is 33.5 Å². The highest BCUT2D eigenvalue weighted by Gasteiger charge is 2.21. The monoisotopic (exact) mass is 354 g/mol. The van der Waals surface area contributed by atoms with Crippen molar-refractivity contribution in [1.29, 1.82) is 0 Å². The third-order valence-electron chi connectivity index (χ3n) is 4.59. The number of hydrogen-bond donors (Lipinski definition) is 0. The third kappa shape index (κ3) is 3.27. The summed E-state index contributed by atoms with van der Waals surface area (Å²) in [6.07, 6.45) is 4.57. The average Bonchev–Trinajstić information content (AvgIpc) is 3.31. The second-order valence-corrected chi connectivity index (χ2v) is 6.38. The van der Waals surface area contributed by atoms with E-state index >= 15 is 0 Å². The van der Waals surface area contributed by atoms with Gasteiger partial charge in [-0.2, -0.15) is 5.10 Å². The first-order chi connectivity index (χ1) is 12.8. The van der Waals surface area contributed by atoms with E-state index in [1.165, 1.54) is 0 Å². The lowest BCUT2D eigenvalue weighted by atomic mass is 10.0. The zero-order chi connectivity index (χ0) is 17.9. The van der Waals surface area contributed by atoms with Crippen LogP contribution in [0.1, 0.15) is 23.7 Å². The highest BCUT2D eigenvalue weighted by atomic mass is 16.5. The minimum atomic E-state index is 0.282. The minimum Gasteiger partial charge on any atom is -0.491 e. The van der Waals surface area contributed by atoms with Gasteiger partial charge in [-0.15, -0.1) is 0 Å². The summed E-state index contributed by atoms with van der Waals surface area (Å²) < 4.78 is 18.3. The van der Waals surface area contributed by atoms with Crippen LogP contribution in [0.4, 0.5) is 0 Å². The SMILES string of the molecule is COCCOc1cc(C2CCOC2)nc(-n2nc(C)c3cnccc32)c1. The molecule has 3 aromatic heterocycles. The first kappa shape index (κ1) is 16.9. The van der Waals surface area contributed by atoms with E-state index in [4.69, 9.17) is 19.2 Å². The molecule has 0 amide bonds. The van der Waals surface area contributed by atoms with E-state index in [1.807, 2.05) is 36.0 Å². The van der Waals surface area contributed by atoms with Gasteiger partial charge in [0.25, 0.3) is 0 Å². The Hall–Kier alpha value is -2.51. The Morgan fingerprint density at radius 1 is 1.31 bits per heavy atom. The lowest BCUT2D eigenvalue weighted by molar-refractivity contribution is 0.146. The highest BCUT2D eigenvalue weighted by molar-refractivity contribution is 5.82. The molecule has 136 valence electrons. The molecule has 0 N–H and O–H groups in total. The van der Waals surface area contributed by atoms with Gasteiger partial charge < -0.3 is 14.2 Å². The van der Waals surface area contributed by atoms with Gasteiger partial charge in [-0.3, -0.25) is 4.98 Å². The standard InChI is InChI=1S/C19H22N4O3/c1-13-16-11-20-5-3-18(16)23(22-13)19-10-15(26-8-7-24-2)9-17(21-19)14-4-6-25-12-14/h3,5,9-11,14H,4,6-8,12H2,1-2H3. The molecule has 1 atom stereocenters. The second-order valence-electron chi connectivity index (χ2n) is 6.38. The molecule has 3 aromatic rings. The van der Waals surface area contributed by atoms with Crippen LogP contribution in [-0.4, -0.2) is 53.3 Å². The van der Waals surface area contributed by atoms with Crippen molar-refractivity contribution < 1.29 is 14.2 Å². The summed E-state index contributed by atoms with van der Waals surface area (Å²) in [6.45, 7) is 4.46. The molecule has 0 aromatic carbocycles. The number of pyridine rings is 2. The quantitative estimate of drug-likeness (QED) is 0.634. The van der Waals surface area contributed by atoms with E-state index in [9.17, 15) is 0 Å². The number of aromatic nitrogens is 4. The molecule has 1 unspecified atom stereocenters. The molecular formula is C19H22N4O3. The molecule has 0 aliphatic carbocycles. The zero-order valence-electron chi connectivity index (χ0n) is 15.0. The van der Waals surface area contributed by atoms with Crippen LogP contribution in [0.3, 0.4) is 0 Å². The highest BCUT2D eigenvalue weighted by Crippen LogP contribution is 2.29. The number of aryl methyl sites for hydroxylation is 1. The minimum absolute atomic E-state index is 0.282. The van der Waals surface area contributed by atoms with Gasteiger partial charge in [0, 0.05) is 49.5 Å². The fraction of sp³-hybridized carbons (Fsp3) is 0.421. The van der Waals surface area contributed by atoms with E-state index in [0.717, 1.165) is 46.9 Å². The van der Waals surface area contributed by atoms with E-state index in [1.54, 1.807) is 13.3 Å². The van der Waals surface area contributed by atoms with Gasteiger partial charge in [-0.1, -0.05) is 0 Å². The Morgan fingerprint density at radius 2 is 2.23 bits per heavy atom. The molecule has 7 heteroatoms. The molecule has 0 spiro atoms. The van der Waals surface area contributed by atoms with Crippen LogP contribution in [-0.2, 0) is 9.47 Å². The van der Waals surface area contributed by atoms with Gasteiger partial charge in [-0.25, -0.2) is 9.67 Å². The predicted molar refractivity (Wildman–Crippen MR) is 96.9 cm³/mol. The Labute approximate surface area is 151 Å². The maximum absolute atomic E-state index is 5.87. The van der Waals surface area contributed by atoms with Gasteiger partial charge >= 0.3 is 0 Å². The van der Waals surface area contributed by atoms with Gasteiger partial charge in [0.2, 0.25) is 0 Å². The van der Waals surface area contributed by atoms with Crippen LogP contribution in [0.2, 0.25) is 0 Å².